The molecule has 2 aromatic rings. The van der Waals surface area contributed by atoms with Gasteiger partial charge in [-0.2, -0.15) is 5.10 Å². The van der Waals surface area contributed by atoms with Gasteiger partial charge in [0.05, 0.1) is 6.21 Å². The summed E-state index contributed by atoms with van der Waals surface area (Å²) in [6.45, 7) is 11.7. The Labute approximate surface area is 162 Å². The highest BCUT2D eigenvalue weighted by Crippen LogP contribution is 2.21. The molecule has 0 aliphatic carbocycles. The average molecular weight is 370 g/mol. The van der Waals surface area contributed by atoms with Gasteiger partial charge in [0.15, 0.2) is 0 Å². The van der Waals surface area contributed by atoms with E-state index in [2.05, 4.69) is 72.2 Å². The van der Waals surface area contributed by atoms with Gasteiger partial charge < -0.3 is 0 Å². The summed E-state index contributed by atoms with van der Waals surface area (Å²) in [5.74, 6) is 0. The van der Waals surface area contributed by atoms with E-state index in [0.717, 1.165) is 43.3 Å². The third kappa shape index (κ3) is 5.33. The Balaban J connectivity index is 1.49. The van der Waals surface area contributed by atoms with Gasteiger partial charge in [-0.3, -0.25) is 9.91 Å². The maximum absolute atomic E-state index is 5.95. The molecule has 138 valence electrons. The molecule has 0 N–H and O–H groups in total. The van der Waals surface area contributed by atoms with E-state index >= 15 is 0 Å². The molecule has 0 saturated carbocycles. The van der Waals surface area contributed by atoms with Gasteiger partial charge in [-0.25, -0.2) is 0 Å². The third-order valence-electron chi connectivity index (χ3n) is 4.81. The lowest BCUT2D eigenvalue weighted by molar-refractivity contribution is 0.131. The van der Waals surface area contributed by atoms with Gasteiger partial charge in [0.1, 0.15) is 0 Å². The smallest absolute Gasteiger partial charge is 0.0542 e. The normalized spacial score (nSPS) is 16.4. The molecule has 1 aliphatic heterocycles. The van der Waals surface area contributed by atoms with E-state index < -0.39 is 0 Å². The zero-order valence-electron chi connectivity index (χ0n) is 16.0. The molecule has 0 aromatic heterocycles. The van der Waals surface area contributed by atoms with Crippen LogP contribution in [0.25, 0.3) is 0 Å². The predicted octanol–water partition coefficient (Wildman–Crippen LogP) is 4.79. The second-order valence-corrected chi connectivity index (χ2v) is 8.41. The molecule has 0 atom stereocenters. The van der Waals surface area contributed by atoms with E-state index in [1.807, 2.05) is 18.3 Å². The van der Waals surface area contributed by atoms with E-state index in [9.17, 15) is 0 Å². The largest absolute Gasteiger partial charge is 0.295 e. The Kier molecular flexibility index (Phi) is 6.00. The molecule has 1 heterocycles. The van der Waals surface area contributed by atoms with Crippen molar-refractivity contribution >= 4 is 17.8 Å². The van der Waals surface area contributed by atoms with Gasteiger partial charge >= 0.3 is 0 Å². The minimum absolute atomic E-state index is 0.191. The van der Waals surface area contributed by atoms with Gasteiger partial charge in [-0.05, 0) is 34.2 Å². The Morgan fingerprint density at radius 2 is 1.54 bits per heavy atom. The fraction of sp³-hybridized carbons (Fsp3) is 0.409. The quantitative estimate of drug-likeness (QED) is 0.721. The fourth-order valence-corrected chi connectivity index (χ4v) is 3.20. The third-order valence-corrected chi connectivity index (χ3v) is 5.07. The summed E-state index contributed by atoms with van der Waals surface area (Å²) in [5, 5.41) is 7.62. The molecule has 0 amide bonds. The summed E-state index contributed by atoms with van der Waals surface area (Å²) in [5.41, 5.74) is 4.01. The van der Waals surface area contributed by atoms with Gasteiger partial charge in [0, 0.05) is 37.7 Å². The van der Waals surface area contributed by atoms with E-state index in [-0.39, 0.29) is 5.41 Å². The topological polar surface area (TPSA) is 18.8 Å². The molecule has 3 nitrogen and oxygen atoms in total. The van der Waals surface area contributed by atoms with Crippen molar-refractivity contribution in [1.29, 1.82) is 0 Å². The number of hydrogen-bond donors (Lipinski definition) is 0. The second-order valence-electron chi connectivity index (χ2n) is 7.97. The molecule has 0 bridgehead atoms. The molecule has 1 fully saturated rings. The molecule has 1 saturated heterocycles. The Hall–Kier alpha value is -1.84. The van der Waals surface area contributed by atoms with Gasteiger partial charge in [0.25, 0.3) is 0 Å². The van der Waals surface area contributed by atoms with Crippen LogP contribution in [0.1, 0.15) is 37.5 Å². The zero-order valence-corrected chi connectivity index (χ0v) is 16.7. The number of hydrazone groups is 1. The van der Waals surface area contributed by atoms with Crippen LogP contribution in [0.5, 0.6) is 0 Å². The lowest BCUT2D eigenvalue weighted by Gasteiger charge is -2.33. The van der Waals surface area contributed by atoms with Crippen LogP contribution >= 0.6 is 11.6 Å². The first-order valence-corrected chi connectivity index (χ1v) is 9.64. The molecular weight excluding hydrogens is 342 g/mol. The lowest BCUT2D eigenvalue weighted by atomic mass is 9.87. The number of benzene rings is 2. The number of piperazine rings is 1. The highest BCUT2D eigenvalue weighted by molar-refractivity contribution is 6.30. The van der Waals surface area contributed by atoms with E-state index in [4.69, 9.17) is 11.6 Å². The Morgan fingerprint density at radius 3 is 2.12 bits per heavy atom. The van der Waals surface area contributed by atoms with E-state index in [0.29, 0.717) is 0 Å². The van der Waals surface area contributed by atoms with Crippen LogP contribution in [-0.4, -0.2) is 42.3 Å². The standard InChI is InChI=1S/C22H28ClN3/c1-22(2,3)20-8-4-18(5-9-20)16-24-26-14-12-25(13-15-26)17-19-6-10-21(23)11-7-19/h4-11,16H,12-15,17H2,1-3H3. The summed E-state index contributed by atoms with van der Waals surface area (Å²) in [4.78, 5) is 2.47. The highest BCUT2D eigenvalue weighted by Gasteiger charge is 2.15. The summed E-state index contributed by atoms with van der Waals surface area (Å²) >= 11 is 5.95. The van der Waals surface area contributed by atoms with E-state index in [1.165, 1.54) is 11.1 Å². The SMILES string of the molecule is CC(C)(C)c1ccc(C=NN2CCN(Cc3ccc(Cl)cc3)CC2)cc1. The summed E-state index contributed by atoms with van der Waals surface area (Å²) in [7, 11) is 0. The van der Waals surface area contributed by atoms with Crippen molar-refractivity contribution in [1.82, 2.24) is 9.91 Å². The minimum atomic E-state index is 0.191. The number of nitrogens with zero attached hydrogens (tertiary/aromatic N) is 3. The first kappa shape index (κ1) is 18.9. The summed E-state index contributed by atoms with van der Waals surface area (Å²) < 4.78 is 0. The molecule has 3 rings (SSSR count). The van der Waals surface area contributed by atoms with Crippen LogP contribution in [-0.2, 0) is 12.0 Å². The van der Waals surface area contributed by atoms with Gasteiger partial charge in [-0.15, -0.1) is 0 Å². The zero-order chi connectivity index (χ0) is 18.6. The van der Waals surface area contributed by atoms with Crippen molar-refractivity contribution < 1.29 is 0 Å². The van der Waals surface area contributed by atoms with Gasteiger partial charge in [0.2, 0.25) is 0 Å². The second kappa shape index (κ2) is 8.24. The minimum Gasteiger partial charge on any atom is -0.295 e. The van der Waals surface area contributed by atoms with Crippen molar-refractivity contribution in [3.63, 3.8) is 0 Å². The maximum Gasteiger partial charge on any atom is 0.0542 e. The maximum atomic E-state index is 5.95. The molecule has 0 unspecified atom stereocenters. The molecule has 0 spiro atoms. The van der Waals surface area contributed by atoms with Crippen LogP contribution in [0.3, 0.4) is 0 Å². The van der Waals surface area contributed by atoms with Crippen molar-refractivity contribution in [2.24, 2.45) is 5.10 Å². The van der Waals surface area contributed by atoms with Crippen LogP contribution in [0, 0.1) is 0 Å². The fourth-order valence-electron chi connectivity index (χ4n) is 3.08. The Morgan fingerprint density at radius 1 is 0.923 bits per heavy atom. The molecule has 0 radical (unpaired) electrons. The average Bonchev–Trinajstić information content (AvgIpc) is 2.63. The van der Waals surface area contributed by atoms with Crippen LogP contribution in [0.4, 0.5) is 0 Å². The molecule has 26 heavy (non-hydrogen) atoms. The predicted molar refractivity (Wildman–Crippen MR) is 111 cm³/mol. The molecular formula is C22H28ClN3. The Bertz CT molecular complexity index is 721. The monoisotopic (exact) mass is 369 g/mol. The van der Waals surface area contributed by atoms with Crippen LogP contribution < -0.4 is 0 Å². The summed E-state index contributed by atoms with van der Waals surface area (Å²) in [6, 6.07) is 16.8. The van der Waals surface area contributed by atoms with E-state index in [1.54, 1.807) is 0 Å². The van der Waals surface area contributed by atoms with Crippen molar-refractivity contribution in [3.05, 3.63) is 70.2 Å². The lowest BCUT2D eigenvalue weighted by Crippen LogP contribution is -2.43. The molecule has 1 aliphatic rings. The van der Waals surface area contributed by atoms with Gasteiger partial charge in [-0.1, -0.05) is 68.8 Å². The number of rotatable bonds is 4. The van der Waals surface area contributed by atoms with Crippen molar-refractivity contribution in [2.75, 3.05) is 26.2 Å². The van der Waals surface area contributed by atoms with Crippen LogP contribution in [0.2, 0.25) is 5.02 Å². The first-order valence-electron chi connectivity index (χ1n) is 9.26. The van der Waals surface area contributed by atoms with Crippen molar-refractivity contribution in [3.8, 4) is 0 Å². The van der Waals surface area contributed by atoms with Crippen molar-refractivity contribution in [2.45, 2.75) is 32.7 Å². The first-order chi connectivity index (χ1) is 12.4. The highest BCUT2D eigenvalue weighted by atomic mass is 35.5. The number of halogens is 1. The summed E-state index contributed by atoms with van der Waals surface area (Å²) in [6.07, 6.45) is 1.97. The van der Waals surface area contributed by atoms with Crippen LogP contribution in [0.15, 0.2) is 53.6 Å². The molecule has 2 aromatic carbocycles. The molecule has 4 heteroatoms. The number of hydrogen-bond acceptors (Lipinski definition) is 3.